The van der Waals surface area contributed by atoms with Gasteiger partial charge < -0.3 is 14.8 Å². The van der Waals surface area contributed by atoms with Crippen LogP contribution in [0.1, 0.15) is 13.8 Å². The lowest BCUT2D eigenvalue weighted by atomic mass is 10.3. The number of nitrogens with one attached hydrogen (secondary N) is 2. The van der Waals surface area contributed by atoms with Crippen LogP contribution in [-0.2, 0) is 14.8 Å². The van der Waals surface area contributed by atoms with E-state index in [-0.39, 0.29) is 10.8 Å². The van der Waals surface area contributed by atoms with Gasteiger partial charge in [0.25, 0.3) is 0 Å². The van der Waals surface area contributed by atoms with Gasteiger partial charge in [-0.25, -0.2) is 8.42 Å². The largest absolute Gasteiger partial charge is 0.493 e. The maximum absolute atomic E-state index is 12.2. The van der Waals surface area contributed by atoms with Crippen molar-refractivity contribution in [3.8, 4) is 11.5 Å². The summed E-state index contributed by atoms with van der Waals surface area (Å²) in [4.78, 5) is 11.6. The predicted molar refractivity (Wildman–Crippen MR) is 78.0 cm³/mol. The van der Waals surface area contributed by atoms with Crippen LogP contribution in [0.3, 0.4) is 0 Å². The molecule has 118 valence electrons. The number of rotatable bonds is 7. The van der Waals surface area contributed by atoms with E-state index < -0.39 is 16.1 Å². The number of methoxy groups -OCH3 is 2. The first-order chi connectivity index (χ1) is 9.85. The zero-order valence-corrected chi connectivity index (χ0v) is 13.3. The number of hydrogen-bond acceptors (Lipinski definition) is 5. The van der Waals surface area contributed by atoms with Gasteiger partial charge in [-0.3, -0.25) is 4.79 Å². The molecule has 8 heteroatoms. The zero-order chi connectivity index (χ0) is 16.0. The van der Waals surface area contributed by atoms with Gasteiger partial charge in [-0.15, -0.1) is 0 Å². The second kappa shape index (κ2) is 7.28. The van der Waals surface area contributed by atoms with Gasteiger partial charge in [-0.2, -0.15) is 4.72 Å². The molecule has 1 unspecified atom stereocenters. The van der Waals surface area contributed by atoms with Crippen molar-refractivity contribution in [1.82, 2.24) is 10.0 Å². The van der Waals surface area contributed by atoms with Crippen molar-refractivity contribution in [2.24, 2.45) is 0 Å². The average molecular weight is 316 g/mol. The quantitative estimate of drug-likeness (QED) is 0.764. The van der Waals surface area contributed by atoms with Crippen LogP contribution in [0, 0.1) is 0 Å². The predicted octanol–water partition coefficient (Wildman–Crippen LogP) is 0.507. The molecular weight excluding hydrogens is 296 g/mol. The first kappa shape index (κ1) is 17.3. The van der Waals surface area contributed by atoms with E-state index in [1.165, 1.54) is 39.3 Å². The SMILES string of the molecule is CCNC(=O)C(C)NS(=O)(=O)c1ccc(OC)c(OC)c1. The van der Waals surface area contributed by atoms with Gasteiger partial charge in [-0.1, -0.05) is 0 Å². The summed E-state index contributed by atoms with van der Waals surface area (Å²) in [5.41, 5.74) is 0. The molecule has 7 nitrogen and oxygen atoms in total. The number of amides is 1. The number of benzene rings is 1. The van der Waals surface area contributed by atoms with E-state index >= 15 is 0 Å². The Labute approximate surface area is 124 Å². The molecular formula is C13H20N2O5S. The Morgan fingerprint density at radius 1 is 1.24 bits per heavy atom. The number of carbonyl (C=O) groups is 1. The summed E-state index contributed by atoms with van der Waals surface area (Å²) in [7, 11) is -0.951. The molecule has 0 radical (unpaired) electrons. The third kappa shape index (κ3) is 4.33. The van der Waals surface area contributed by atoms with E-state index in [4.69, 9.17) is 9.47 Å². The summed E-state index contributed by atoms with van der Waals surface area (Å²) in [5, 5.41) is 2.55. The first-order valence-corrected chi connectivity index (χ1v) is 7.86. The maximum atomic E-state index is 12.2. The minimum absolute atomic E-state index is 0.00343. The van der Waals surface area contributed by atoms with Crippen LogP contribution in [0.5, 0.6) is 11.5 Å². The molecule has 2 N–H and O–H groups in total. The van der Waals surface area contributed by atoms with Gasteiger partial charge in [0.05, 0.1) is 25.2 Å². The van der Waals surface area contributed by atoms with Crippen molar-refractivity contribution in [3.63, 3.8) is 0 Å². The van der Waals surface area contributed by atoms with Crippen LogP contribution in [0.25, 0.3) is 0 Å². The van der Waals surface area contributed by atoms with Gasteiger partial charge in [0.15, 0.2) is 11.5 Å². The monoisotopic (exact) mass is 316 g/mol. The molecule has 1 aromatic carbocycles. The highest BCUT2D eigenvalue weighted by Gasteiger charge is 2.22. The van der Waals surface area contributed by atoms with E-state index in [9.17, 15) is 13.2 Å². The minimum atomic E-state index is -3.83. The van der Waals surface area contributed by atoms with Crippen LogP contribution < -0.4 is 19.5 Å². The Kier molecular flexibility index (Phi) is 5.98. The molecule has 0 spiro atoms. The summed E-state index contributed by atoms with van der Waals surface area (Å²) in [6.07, 6.45) is 0. The van der Waals surface area contributed by atoms with Crippen molar-refractivity contribution in [2.45, 2.75) is 24.8 Å². The highest BCUT2D eigenvalue weighted by Crippen LogP contribution is 2.29. The molecule has 1 amide bonds. The van der Waals surface area contributed by atoms with E-state index in [1.807, 2.05) is 0 Å². The zero-order valence-electron chi connectivity index (χ0n) is 12.5. The molecule has 1 aromatic rings. The molecule has 0 heterocycles. The highest BCUT2D eigenvalue weighted by atomic mass is 32.2. The van der Waals surface area contributed by atoms with E-state index in [2.05, 4.69) is 10.0 Å². The summed E-state index contributed by atoms with van der Waals surface area (Å²) in [6, 6.07) is 3.34. The van der Waals surface area contributed by atoms with Crippen molar-refractivity contribution in [2.75, 3.05) is 20.8 Å². The van der Waals surface area contributed by atoms with Crippen LogP contribution in [0.2, 0.25) is 0 Å². The molecule has 21 heavy (non-hydrogen) atoms. The fourth-order valence-electron chi connectivity index (χ4n) is 1.67. The Hall–Kier alpha value is -1.80. The average Bonchev–Trinajstić information content (AvgIpc) is 2.46. The van der Waals surface area contributed by atoms with Crippen LogP contribution in [0.4, 0.5) is 0 Å². The first-order valence-electron chi connectivity index (χ1n) is 6.37. The third-order valence-electron chi connectivity index (χ3n) is 2.74. The van der Waals surface area contributed by atoms with Gasteiger partial charge in [0, 0.05) is 12.6 Å². The number of ether oxygens (including phenoxy) is 2. The van der Waals surface area contributed by atoms with Crippen molar-refractivity contribution >= 4 is 15.9 Å². The summed E-state index contributed by atoms with van der Waals surface area (Å²) in [6.45, 7) is 3.66. The normalized spacial score (nSPS) is 12.6. The Balaban J connectivity index is 3.00. The van der Waals surface area contributed by atoms with Crippen molar-refractivity contribution in [3.05, 3.63) is 18.2 Å². The topological polar surface area (TPSA) is 93.7 Å². The van der Waals surface area contributed by atoms with Crippen LogP contribution in [0.15, 0.2) is 23.1 Å². The smallest absolute Gasteiger partial charge is 0.241 e. The minimum Gasteiger partial charge on any atom is -0.493 e. The van der Waals surface area contributed by atoms with Gasteiger partial charge in [0.2, 0.25) is 15.9 Å². The van der Waals surface area contributed by atoms with Crippen LogP contribution in [-0.4, -0.2) is 41.1 Å². The van der Waals surface area contributed by atoms with Crippen molar-refractivity contribution in [1.29, 1.82) is 0 Å². The molecule has 0 aliphatic rings. The Morgan fingerprint density at radius 2 is 1.86 bits per heavy atom. The number of likely N-dealkylation sites (N-methyl/N-ethyl adjacent to an activating group) is 1. The van der Waals surface area contributed by atoms with Gasteiger partial charge in [-0.05, 0) is 26.0 Å². The highest BCUT2D eigenvalue weighted by molar-refractivity contribution is 7.89. The van der Waals surface area contributed by atoms with Crippen LogP contribution >= 0.6 is 0 Å². The molecule has 0 aliphatic carbocycles. The van der Waals surface area contributed by atoms with Gasteiger partial charge in [0.1, 0.15) is 0 Å². The summed E-state index contributed by atoms with van der Waals surface area (Å²) >= 11 is 0. The molecule has 0 saturated carbocycles. The number of hydrogen-bond donors (Lipinski definition) is 2. The second-order valence-corrected chi connectivity index (χ2v) is 5.97. The molecule has 0 fully saturated rings. The molecule has 0 aromatic heterocycles. The lowest BCUT2D eigenvalue weighted by Gasteiger charge is -2.15. The van der Waals surface area contributed by atoms with Crippen molar-refractivity contribution < 1.29 is 22.7 Å². The van der Waals surface area contributed by atoms with E-state index in [1.54, 1.807) is 6.92 Å². The molecule has 0 saturated heterocycles. The molecule has 1 rings (SSSR count). The fourth-order valence-corrected chi connectivity index (χ4v) is 2.88. The number of carbonyl (C=O) groups excluding carboxylic acids is 1. The van der Waals surface area contributed by atoms with Gasteiger partial charge >= 0.3 is 0 Å². The lowest BCUT2D eigenvalue weighted by Crippen LogP contribution is -2.44. The fraction of sp³-hybridized carbons (Fsp3) is 0.462. The third-order valence-corrected chi connectivity index (χ3v) is 4.28. The molecule has 0 bridgehead atoms. The Morgan fingerprint density at radius 3 is 2.38 bits per heavy atom. The standard InChI is InChI=1S/C13H20N2O5S/c1-5-14-13(16)9(2)15-21(17,18)10-6-7-11(19-3)12(8-10)20-4/h6-9,15H,5H2,1-4H3,(H,14,16). The Bertz CT molecular complexity index is 601. The summed E-state index contributed by atoms with van der Waals surface area (Å²) < 4.78 is 36.9. The van der Waals surface area contributed by atoms with E-state index in [0.29, 0.717) is 18.0 Å². The van der Waals surface area contributed by atoms with E-state index in [0.717, 1.165) is 0 Å². The molecule has 0 aliphatic heterocycles. The number of sulfonamides is 1. The lowest BCUT2D eigenvalue weighted by molar-refractivity contribution is -0.122. The molecule has 1 atom stereocenters. The summed E-state index contributed by atoms with van der Waals surface area (Å²) in [5.74, 6) is 0.334. The maximum Gasteiger partial charge on any atom is 0.241 e. The second-order valence-electron chi connectivity index (χ2n) is 4.25.